The predicted octanol–water partition coefficient (Wildman–Crippen LogP) is 2.27. The van der Waals surface area contributed by atoms with E-state index in [4.69, 9.17) is 5.14 Å². The van der Waals surface area contributed by atoms with E-state index in [1.165, 1.54) is 16.5 Å². The molecule has 0 saturated carbocycles. The lowest BCUT2D eigenvalue weighted by molar-refractivity contribution is 0.582. The molecule has 0 amide bonds. The minimum atomic E-state index is -3.64. The van der Waals surface area contributed by atoms with Crippen molar-refractivity contribution in [3.8, 4) is 0 Å². The average Bonchev–Trinajstić information content (AvgIpc) is 2.88. The van der Waals surface area contributed by atoms with E-state index in [2.05, 4.69) is 17.4 Å². The first-order valence-electron chi connectivity index (χ1n) is 6.61. The van der Waals surface area contributed by atoms with E-state index >= 15 is 0 Å². The number of hydrogen-bond donors (Lipinski definition) is 2. The highest BCUT2D eigenvalue weighted by Gasteiger charge is 2.21. The fourth-order valence-electron chi connectivity index (χ4n) is 2.41. The van der Waals surface area contributed by atoms with Gasteiger partial charge in [0.15, 0.2) is 0 Å². The highest BCUT2D eigenvalue weighted by Crippen LogP contribution is 2.37. The minimum absolute atomic E-state index is 0.156. The summed E-state index contributed by atoms with van der Waals surface area (Å²) < 4.78 is 22.7. The van der Waals surface area contributed by atoms with Gasteiger partial charge in [0, 0.05) is 23.2 Å². The molecule has 110 valence electrons. The van der Waals surface area contributed by atoms with Gasteiger partial charge in [-0.3, -0.25) is 0 Å². The maximum atomic E-state index is 11.4. The molecule has 0 radical (unpaired) electrons. The SMILES string of the molecule is NS(=O)(=O)c1cccc(CNC2CSc3ccccc32)c1. The quantitative estimate of drug-likeness (QED) is 0.906. The molecule has 21 heavy (non-hydrogen) atoms. The summed E-state index contributed by atoms with van der Waals surface area (Å²) in [4.78, 5) is 1.47. The van der Waals surface area contributed by atoms with E-state index in [0.29, 0.717) is 12.6 Å². The van der Waals surface area contributed by atoms with Gasteiger partial charge in [0.05, 0.1) is 4.90 Å². The Bertz CT molecular complexity index is 760. The van der Waals surface area contributed by atoms with Crippen LogP contribution in [0.15, 0.2) is 58.3 Å². The molecule has 0 fully saturated rings. The second kappa shape index (κ2) is 5.81. The zero-order valence-corrected chi connectivity index (χ0v) is 13.0. The molecule has 0 aliphatic carbocycles. The van der Waals surface area contributed by atoms with Crippen molar-refractivity contribution in [1.29, 1.82) is 0 Å². The second-order valence-electron chi connectivity index (χ2n) is 4.97. The smallest absolute Gasteiger partial charge is 0.238 e. The molecule has 1 aliphatic rings. The molecule has 0 saturated heterocycles. The molecule has 1 unspecified atom stereocenters. The lowest BCUT2D eigenvalue weighted by Gasteiger charge is -2.13. The molecular weight excluding hydrogens is 304 g/mol. The maximum absolute atomic E-state index is 11.4. The fourth-order valence-corrected chi connectivity index (χ4v) is 4.18. The molecule has 0 aromatic heterocycles. The van der Waals surface area contributed by atoms with Gasteiger partial charge < -0.3 is 5.32 Å². The van der Waals surface area contributed by atoms with Crippen molar-refractivity contribution in [2.24, 2.45) is 5.14 Å². The van der Waals surface area contributed by atoms with Crippen LogP contribution < -0.4 is 10.5 Å². The number of fused-ring (bicyclic) bond motifs is 1. The van der Waals surface area contributed by atoms with Crippen LogP contribution in [0.1, 0.15) is 17.2 Å². The van der Waals surface area contributed by atoms with Crippen molar-refractivity contribution in [3.63, 3.8) is 0 Å². The van der Waals surface area contributed by atoms with Crippen LogP contribution in [0.5, 0.6) is 0 Å². The van der Waals surface area contributed by atoms with E-state index in [1.807, 2.05) is 30.0 Å². The Morgan fingerprint density at radius 2 is 2.00 bits per heavy atom. The van der Waals surface area contributed by atoms with Crippen molar-refractivity contribution in [2.75, 3.05) is 5.75 Å². The van der Waals surface area contributed by atoms with Crippen LogP contribution in [0.2, 0.25) is 0 Å². The summed E-state index contributed by atoms with van der Waals surface area (Å²) in [6.07, 6.45) is 0. The normalized spacial score (nSPS) is 17.7. The molecule has 3 rings (SSSR count). The van der Waals surface area contributed by atoms with Crippen molar-refractivity contribution in [3.05, 3.63) is 59.7 Å². The number of benzene rings is 2. The van der Waals surface area contributed by atoms with E-state index in [0.717, 1.165) is 11.3 Å². The maximum Gasteiger partial charge on any atom is 0.238 e. The Kier molecular flexibility index (Phi) is 4.03. The van der Waals surface area contributed by atoms with Crippen LogP contribution in [-0.4, -0.2) is 14.2 Å². The summed E-state index contributed by atoms with van der Waals surface area (Å²) >= 11 is 1.84. The zero-order chi connectivity index (χ0) is 14.9. The second-order valence-corrected chi connectivity index (χ2v) is 7.60. The monoisotopic (exact) mass is 320 g/mol. The number of nitrogens with one attached hydrogen (secondary N) is 1. The molecule has 1 aliphatic heterocycles. The molecular formula is C15H16N2O2S2. The van der Waals surface area contributed by atoms with Gasteiger partial charge in [-0.1, -0.05) is 30.3 Å². The van der Waals surface area contributed by atoms with Crippen molar-refractivity contribution in [1.82, 2.24) is 5.32 Å². The van der Waals surface area contributed by atoms with Crippen molar-refractivity contribution >= 4 is 21.8 Å². The van der Waals surface area contributed by atoms with Gasteiger partial charge in [-0.25, -0.2) is 13.6 Å². The summed E-state index contributed by atoms with van der Waals surface area (Å²) in [5.74, 6) is 0.994. The van der Waals surface area contributed by atoms with Gasteiger partial charge in [0.25, 0.3) is 0 Å². The molecule has 3 N–H and O–H groups in total. The third-order valence-electron chi connectivity index (χ3n) is 3.48. The lowest BCUT2D eigenvalue weighted by Crippen LogP contribution is -2.21. The largest absolute Gasteiger partial charge is 0.305 e. The van der Waals surface area contributed by atoms with E-state index < -0.39 is 10.0 Å². The van der Waals surface area contributed by atoms with Gasteiger partial charge in [0.1, 0.15) is 0 Å². The highest BCUT2D eigenvalue weighted by atomic mass is 32.2. The Hall–Kier alpha value is -1.34. The number of hydrogen-bond acceptors (Lipinski definition) is 4. The number of sulfonamides is 1. The molecule has 0 bridgehead atoms. The topological polar surface area (TPSA) is 72.2 Å². The van der Waals surface area contributed by atoms with E-state index in [1.54, 1.807) is 12.1 Å². The van der Waals surface area contributed by atoms with Crippen LogP contribution in [0.25, 0.3) is 0 Å². The summed E-state index contributed by atoms with van der Waals surface area (Å²) in [5.41, 5.74) is 2.22. The molecule has 6 heteroatoms. The standard InChI is InChI=1S/C15H16N2O2S2/c16-21(18,19)12-5-3-4-11(8-12)9-17-14-10-20-15-7-2-1-6-13(14)15/h1-8,14,17H,9-10H2,(H2,16,18,19). The zero-order valence-electron chi connectivity index (χ0n) is 11.3. The predicted molar refractivity (Wildman–Crippen MR) is 84.6 cm³/mol. The Morgan fingerprint density at radius 1 is 1.19 bits per heavy atom. The molecule has 4 nitrogen and oxygen atoms in total. The number of thioether (sulfide) groups is 1. The first-order chi connectivity index (χ1) is 10.0. The van der Waals surface area contributed by atoms with Gasteiger partial charge in [0.2, 0.25) is 10.0 Å². The van der Waals surface area contributed by atoms with E-state index in [9.17, 15) is 8.42 Å². The number of rotatable bonds is 4. The van der Waals surface area contributed by atoms with Gasteiger partial charge in [-0.05, 0) is 29.3 Å². The van der Waals surface area contributed by atoms with Gasteiger partial charge in [-0.2, -0.15) is 0 Å². The van der Waals surface area contributed by atoms with Crippen molar-refractivity contribution in [2.45, 2.75) is 22.4 Å². The molecule has 2 aromatic carbocycles. The van der Waals surface area contributed by atoms with Gasteiger partial charge in [-0.15, -0.1) is 11.8 Å². The Balaban J connectivity index is 1.72. The minimum Gasteiger partial charge on any atom is -0.305 e. The molecule has 0 spiro atoms. The summed E-state index contributed by atoms with van der Waals surface area (Å²) in [5, 5.41) is 8.63. The molecule has 1 heterocycles. The van der Waals surface area contributed by atoms with Gasteiger partial charge >= 0.3 is 0 Å². The van der Waals surface area contributed by atoms with Crippen LogP contribution in [0.4, 0.5) is 0 Å². The number of primary sulfonamides is 1. The summed E-state index contributed by atoms with van der Waals surface area (Å²) in [7, 11) is -3.64. The van der Waals surface area contributed by atoms with Crippen LogP contribution >= 0.6 is 11.8 Å². The third kappa shape index (κ3) is 3.29. The Morgan fingerprint density at radius 3 is 2.81 bits per heavy atom. The number of nitrogens with two attached hydrogens (primary N) is 1. The first-order valence-corrected chi connectivity index (χ1v) is 9.14. The van der Waals surface area contributed by atoms with Crippen LogP contribution in [-0.2, 0) is 16.6 Å². The highest BCUT2D eigenvalue weighted by molar-refractivity contribution is 7.99. The first kappa shape index (κ1) is 14.6. The fraction of sp³-hybridized carbons (Fsp3) is 0.200. The third-order valence-corrected chi connectivity index (χ3v) is 5.57. The van der Waals surface area contributed by atoms with E-state index in [-0.39, 0.29) is 4.90 Å². The van der Waals surface area contributed by atoms with Crippen LogP contribution in [0, 0.1) is 0 Å². The average molecular weight is 320 g/mol. The van der Waals surface area contributed by atoms with Crippen LogP contribution in [0.3, 0.4) is 0 Å². The summed E-state index contributed by atoms with van der Waals surface area (Å²) in [6.45, 7) is 0.614. The summed E-state index contributed by atoms with van der Waals surface area (Å²) in [6, 6.07) is 15.4. The molecule has 2 aromatic rings. The Labute approximate surface area is 128 Å². The molecule has 1 atom stereocenters. The lowest BCUT2D eigenvalue weighted by atomic mass is 10.1. The van der Waals surface area contributed by atoms with Crippen molar-refractivity contribution < 1.29 is 8.42 Å².